The van der Waals surface area contributed by atoms with Crippen LogP contribution in [0.1, 0.15) is 60.9 Å². The van der Waals surface area contributed by atoms with E-state index in [1.165, 1.54) is 0 Å². The number of nitrogens with zero attached hydrogens (tertiary/aromatic N) is 1. The number of nitrogens with two attached hydrogens (primary N) is 2. The van der Waals surface area contributed by atoms with Gasteiger partial charge in [-0.2, -0.15) is 0 Å². The fourth-order valence-electron chi connectivity index (χ4n) is 6.49. The number of halogens is 1. The van der Waals surface area contributed by atoms with Crippen molar-refractivity contribution in [2.75, 3.05) is 44.2 Å². The summed E-state index contributed by atoms with van der Waals surface area (Å²) < 4.78 is -1.41. The molecular formula is C41H54ClN7O14S2. The Labute approximate surface area is 387 Å². The molecule has 2 aromatic carbocycles. The average Bonchev–Trinajstić information content (AvgIpc) is 3.26. The van der Waals surface area contributed by atoms with Crippen LogP contribution in [0.4, 0.5) is 0 Å². The summed E-state index contributed by atoms with van der Waals surface area (Å²) in [4.78, 5) is 115. The highest BCUT2D eigenvalue weighted by atomic mass is 35.5. The van der Waals surface area contributed by atoms with Crippen molar-refractivity contribution in [3.63, 3.8) is 0 Å². The van der Waals surface area contributed by atoms with E-state index < -0.39 is 113 Å². The van der Waals surface area contributed by atoms with E-state index >= 15 is 0 Å². The number of amides is 4. The Morgan fingerprint density at radius 3 is 1.57 bits per heavy atom. The van der Waals surface area contributed by atoms with Crippen molar-refractivity contribution in [3.05, 3.63) is 70.7 Å². The Hall–Kier alpha value is -5.30. The topological polar surface area (TPSA) is 358 Å². The number of aliphatic carboxylic acids is 4. The number of piperidine rings is 1. The van der Waals surface area contributed by atoms with Crippen LogP contribution < -0.4 is 32.7 Å². The number of aliphatic hydroxyl groups is 1. The number of carbonyl (C=O) groups excluding carboxylic acids is 5. The maximum atomic E-state index is 14.2. The number of likely N-dealkylation sites (tertiary alicyclic amines) is 1. The minimum absolute atomic E-state index is 0.00730. The summed E-state index contributed by atoms with van der Waals surface area (Å²) in [5, 5.41) is 58.7. The maximum absolute atomic E-state index is 14.2. The van der Waals surface area contributed by atoms with Gasteiger partial charge in [0.1, 0.15) is 37.3 Å². The first-order chi connectivity index (χ1) is 30.6. The summed E-state index contributed by atoms with van der Waals surface area (Å²) in [5.74, 6) is -10.1. The van der Waals surface area contributed by atoms with Crippen LogP contribution in [-0.4, -0.2) is 156 Å². The molecule has 24 heteroatoms. The van der Waals surface area contributed by atoms with Crippen LogP contribution in [0.25, 0.3) is 0 Å². The van der Waals surface area contributed by atoms with Gasteiger partial charge in [0.15, 0.2) is 5.78 Å². The summed E-state index contributed by atoms with van der Waals surface area (Å²) in [5.41, 5.74) is 10.8. The number of Topliss-reactive ketones (excluding diaryl/α,β-unsaturated/α-hetero) is 1. The maximum Gasteiger partial charge on any atom is 0.322 e. The van der Waals surface area contributed by atoms with E-state index in [-0.39, 0.29) is 68.8 Å². The van der Waals surface area contributed by atoms with Gasteiger partial charge in [-0.25, -0.2) is 0 Å². The van der Waals surface area contributed by atoms with Crippen LogP contribution in [0, 0.1) is 0 Å². The monoisotopic (exact) mass is 967 g/mol. The highest BCUT2D eigenvalue weighted by Gasteiger charge is 2.42. The van der Waals surface area contributed by atoms with E-state index in [4.69, 9.17) is 23.1 Å². The smallest absolute Gasteiger partial charge is 0.322 e. The van der Waals surface area contributed by atoms with Crippen LogP contribution in [0.5, 0.6) is 0 Å². The molecule has 0 radical (unpaired) electrons. The second-order valence-electron chi connectivity index (χ2n) is 15.2. The molecule has 0 unspecified atom stereocenters. The van der Waals surface area contributed by atoms with Crippen molar-refractivity contribution in [2.45, 2.75) is 78.8 Å². The third kappa shape index (κ3) is 18.6. The molecule has 1 heterocycles. The molecule has 356 valence electrons. The molecule has 0 spiro atoms. The molecule has 0 aliphatic carbocycles. The minimum atomic E-state index is -1.48. The molecule has 2 aromatic rings. The molecule has 1 saturated heterocycles. The van der Waals surface area contributed by atoms with Crippen molar-refractivity contribution in [2.24, 2.45) is 11.5 Å². The number of hydrogen-bond acceptors (Lipinski definition) is 15. The number of carboxylic acid groups (broad SMARTS) is 4. The van der Waals surface area contributed by atoms with E-state index in [2.05, 4.69) is 21.3 Å². The fourth-order valence-corrected chi connectivity index (χ4v) is 9.79. The van der Waals surface area contributed by atoms with Gasteiger partial charge in [-0.05, 0) is 43.4 Å². The quantitative estimate of drug-likeness (QED) is 0.0389. The summed E-state index contributed by atoms with van der Waals surface area (Å²) >= 11 is 8.08. The first-order valence-corrected chi connectivity index (χ1v) is 22.6. The Balaban J connectivity index is 2.10. The van der Waals surface area contributed by atoms with E-state index in [1.807, 2.05) is 4.90 Å². The van der Waals surface area contributed by atoms with Gasteiger partial charge in [0, 0.05) is 61.0 Å². The number of ketones is 1. The van der Waals surface area contributed by atoms with Crippen molar-refractivity contribution >= 4 is 88.4 Å². The van der Waals surface area contributed by atoms with Crippen LogP contribution >= 0.6 is 35.1 Å². The molecule has 65 heavy (non-hydrogen) atoms. The van der Waals surface area contributed by atoms with Gasteiger partial charge in [0.2, 0.25) is 23.6 Å². The highest BCUT2D eigenvalue weighted by Crippen LogP contribution is 2.44. The van der Waals surface area contributed by atoms with E-state index in [9.17, 15) is 68.7 Å². The van der Waals surface area contributed by atoms with Crippen LogP contribution in [0.2, 0.25) is 5.02 Å². The number of thioether (sulfide) groups is 2. The summed E-state index contributed by atoms with van der Waals surface area (Å²) in [7, 11) is 0. The molecule has 3 rings (SSSR count). The zero-order chi connectivity index (χ0) is 48.3. The van der Waals surface area contributed by atoms with Gasteiger partial charge >= 0.3 is 23.9 Å². The number of carbonyl (C=O) groups is 9. The van der Waals surface area contributed by atoms with E-state index in [0.29, 0.717) is 10.6 Å². The third-order valence-electron chi connectivity index (χ3n) is 10.2. The molecule has 0 saturated carbocycles. The SMILES string of the molecule is N[C@@H](CCC(=O)N[C@@H](CSC(CC(=O)c1ccccc1)(CN1CCC(O)(c2ccc(Cl)cc2)CC1)SC[C@H](NC(=O)CC[C@H](N)C(=O)O)C(=O)NCC(=O)O)C(=O)NCC(=O)O)C(=O)O. The van der Waals surface area contributed by atoms with Crippen LogP contribution in [0.15, 0.2) is 54.6 Å². The van der Waals surface area contributed by atoms with Crippen molar-refractivity contribution in [3.8, 4) is 0 Å². The zero-order valence-corrected chi connectivity index (χ0v) is 37.5. The van der Waals surface area contributed by atoms with Gasteiger partial charge < -0.3 is 63.2 Å². The summed E-state index contributed by atoms with van der Waals surface area (Å²) in [6.45, 7) is -1.14. The van der Waals surface area contributed by atoms with Gasteiger partial charge in [0.05, 0.1) is 9.68 Å². The number of carboxylic acids is 4. The number of benzene rings is 2. The van der Waals surface area contributed by atoms with Gasteiger partial charge in [0.25, 0.3) is 0 Å². The molecule has 1 fully saturated rings. The number of hydrogen-bond donors (Lipinski definition) is 11. The molecule has 0 bridgehead atoms. The van der Waals surface area contributed by atoms with Gasteiger partial charge in [-0.3, -0.25) is 43.2 Å². The lowest BCUT2D eigenvalue weighted by atomic mass is 9.84. The molecule has 1 aliphatic heterocycles. The molecule has 1 aliphatic rings. The van der Waals surface area contributed by atoms with Crippen molar-refractivity contribution in [1.82, 2.24) is 26.2 Å². The Kier molecular flexibility index (Phi) is 21.6. The normalized spacial score (nSPS) is 15.6. The predicted molar refractivity (Wildman–Crippen MR) is 239 cm³/mol. The number of rotatable bonds is 28. The first-order valence-electron chi connectivity index (χ1n) is 20.2. The lowest BCUT2D eigenvalue weighted by Gasteiger charge is -2.43. The Bertz CT molecular complexity index is 1930. The second kappa shape index (κ2) is 26.0. The molecule has 4 amide bonds. The standard InChI is InChI=1S/C41H54ClN7O14S2/c42-26-8-6-25(7-9-26)40(63)14-16-49(17-15-40)23-41(18-31(50)24-4-2-1-3-5-24,64-21-29(36(57)45-19-34(53)54)47-32(51)12-10-27(43)38(59)60)65-22-30(37(58)46-20-35(55)56)48-33(52)13-11-28(44)39(61)62/h1-9,27-30,63H,10-23,43-44H2,(H,45,57)(H,46,58)(H,47,51)(H,48,52)(H,53,54)(H,55,56)(H,59,60)(H,61,62)/t27-,28-,29-,30-/m0/s1. The second-order valence-corrected chi connectivity index (χ2v) is 18.7. The van der Waals surface area contributed by atoms with E-state index in [0.717, 1.165) is 23.5 Å². The Morgan fingerprint density at radius 2 is 1.15 bits per heavy atom. The van der Waals surface area contributed by atoms with Gasteiger partial charge in [-0.1, -0.05) is 54.1 Å². The molecule has 4 atom stereocenters. The van der Waals surface area contributed by atoms with Crippen LogP contribution in [0.3, 0.4) is 0 Å². The molecular weight excluding hydrogens is 914 g/mol. The lowest BCUT2D eigenvalue weighted by Crippen LogP contribution is -2.53. The lowest BCUT2D eigenvalue weighted by molar-refractivity contribution is -0.140. The minimum Gasteiger partial charge on any atom is -0.480 e. The van der Waals surface area contributed by atoms with E-state index in [1.54, 1.807) is 54.6 Å². The zero-order valence-electron chi connectivity index (χ0n) is 35.1. The largest absolute Gasteiger partial charge is 0.480 e. The predicted octanol–water partition coefficient (Wildman–Crippen LogP) is -0.185. The van der Waals surface area contributed by atoms with Crippen molar-refractivity contribution in [1.29, 1.82) is 0 Å². The van der Waals surface area contributed by atoms with Crippen LogP contribution in [-0.2, 0) is 44.0 Å². The fraction of sp³-hybridized carbons (Fsp3) is 0.488. The first kappa shape index (κ1) is 54.0. The van der Waals surface area contributed by atoms with Crippen molar-refractivity contribution < 1.29 is 68.7 Å². The van der Waals surface area contributed by atoms with Gasteiger partial charge in [-0.15, -0.1) is 23.5 Å². The number of nitrogens with one attached hydrogen (secondary N) is 4. The highest BCUT2D eigenvalue weighted by molar-refractivity contribution is 8.18. The molecule has 13 N–H and O–H groups in total. The molecule has 0 aromatic heterocycles. The summed E-state index contributed by atoms with van der Waals surface area (Å²) in [6, 6.07) is 9.08. The Morgan fingerprint density at radius 1 is 0.708 bits per heavy atom. The molecule has 21 nitrogen and oxygen atoms in total. The third-order valence-corrected chi connectivity index (χ3v) is 13.8. The summed E-state index contributed by atoms with van der Waals surface area (Å²) in [6.07, 6.45) is -1.35. The average molecular weight is 969 g/mol.